The van der Waals surface area contributed by atoms with Gasteiger partial charge in [-0.25, -0.2) is 0 Å². The van der Waals surface area contributed by atoms with Crippen molar-refractivity contribution >= 4 is 6.01 Å². The number of anilines is 1. The van der Waals surface area contributed by atoms with Crippen molar-refractivity contribution in [3.8, 4) is 0 Å². The molecule has 0 radical (unpaired) electrons. The van der Waals surface area contributed by atoms with Gasteiger partial charge in [0.25, 0.3) is 0 Å². The zero-order valence-electron chi connectivity index (χ0n) is 10.2. The minimum atomic E-state index is 0.131. The van der Waals surface area contributed by atoms with E-state index in [4.69, 9.17) is 4.42 Å². The highest BCUT2D eigenvalue weighted by Crippen LogP contribution is 2.23. The highest BCUT2D eigenvalue weighted by molar-refractivity contribution is 5.28. The predicted octanol–water partition coefficient (Wildman–Crippen LogP) is 0.530. The predicted molar refractivity (Wildman–Crippen MR) is 63.7 cm³/mol. The van der Waals surface area contributed by atoms with E-state index in [-0.39, 0.29) is 12.6 Å². The molecular formula is C11H20N4O2. The van der Waals surface area contributed by atoms with Gasteiger partial charge >= 0.3 is 6.01 Å². The Balaban J connectivity index is 1.93. The van der Waals surface area contributed by atoms with Gasteiger partial charge < -0.3 is 19.7 Å². The van der Waals surface area contributed by atoms with Gasteiger partial charge in [0.1, 0.15) is 0 Å². The third-order valence-electron chi connectivity index (χ3n) is 2.99. The number of rotatable bonds is 6. The molecule has 0 amide bonds. The van der Waals surface area contributed by atoms with Crippen LogP contribution in [0.5, 0.6) is 0 Å². The molecular weight excluding hydrogens is 220 g/mol. The van der Waals surface area contributed by atoms with Crippen molar-refractivity contribution < 1.29 is 9.52 Å². The van der Waals surface area contributed by atoms with E-state index >= 15 is 0 Å². The number of hydrogen-bond acceptors (Lipinski definition) is 6. The third kappa shape index (κ3) is 2.95. The summed E-state index contributed by atoms with van der Waals surface area (Å²) in [4.78, 5) is 2.00. The number of aromatic nitrogens is 2. The van der Waals surface area contributed by atoms with Crippen molar-refractivity contribution in [3.05, 3.63) is 5.89 Å². The molecule has 2 N–H and O–H groups in total. The van der Waals surface area contributed by atoms with Crippen molar-refractivity contribution in [3.63, 3.8) is 0 Å². The fraction of sp³-hybridized carbons (Fsp3) is 0.818. The molecule has 96 valence electrons. The van der Waals surface area contributed by atoms with Crippen molar-refractivity contribution in [1.29, 1.82) is 0 Å². The molecule has 2 rings (SSSR count). The molecule has 1 fully saturated rings. The maximum absolute atomic E-state index is 9.23. The molecule has 6 heteroatoms. The zero-order chi connectivity index (χ0) is 12.1. The lowest BCUT2D eigenvalue weighted by atomic mass is 10.2. The topological polar surface area (TPSA) is 74.4 Å². The zero-order valence-corrected chi connectivity index (χ0v) is 10.2. The summed E-state index contributed by atoms with van der Waals surface area (Å²) < 4.78 is 5.58. The van der Waals surface area contributed by atoms with Crippen LogP contribution in [0.15, 0.2) is 4.42 Å². The molecule has 1 atom stereocenters. The average Bonchev–Trinajstić information content (AvgIpc) is 2.96. The molecule has 0 bridgehead atoms. The van der Waals surface area contributed by atoms with Gasteiger partial charge in [0, 0.05) is 6.54 Å². The monoisotopic (exact) mass is 240 g/mol. The van der Waals surface area contributed by atoms with Crippen LogP contribution >= 0.6 is 0 Å². The highest BCUT2D eigenvalue weighted by atomic mass is 16.4. The van der Waals surface area contributed by atoms with E-state index in [2.05, 4.69) is 22.4 Å². The van der Waals surface area contributed by atoms with Gasteiger partial charge in [0.05, 0.1) is 19.2 Å². The minimum Gasteiger partial charge on any atom is -0.407 e. The third-order valence-corrected chi connectivity index (χ3v) is 2.99. The normalized spacial score (nSPS) is 20.1. The van der Waals surface area contributed by atoms with Crippen LogP contribution in [-0.4, -0.2) is 41.0 Å². The van der Waals surface area contributed by atoms with Crippen LogP contribution in [0.4, 0.5) is 6.01 Å². The lowest BCUT2D eigenvalue weighted by molar-refractivity contribution is 0.262. The van der Waals surface area contributed by atoms with Crippen molar-refractivity contribution in [2.45, 2.75) is 38.8 Å². The number of aliphatic hydroxyl groups excluding tert-OH is 1. The summed E-state index contributed by atoms with van der Waals surface area (Å²) >= 11 is 0. The van der Waals surface area contributed by atoms with Crippen LogP contribution < -0.4 is 10.2 Å². The Morgan fingerprint density at radius 3 is 3.18 bits per heavy atom. The van der Waals surface area contributed by atoms with Gasteiger partial charge in [0.15, 0.2) is 0 Å². The Kier molecular flexibility index (Phi) is 4.33. The Morgan fingerprint density at radius 1 is 1.53 bits per heavy atom. The van der Waals surface area contributed by atoms with E-state index in [1.165, 1.54) is 0 Å². The summed E-state index contributed by atoms with van der Waals surface area (Å²) in [5.41, 5.74) is 0. The van der Waals surface area contributed by atoms with Crippen LogP contribution in [0.3, 0.4) is 0 Å². The molecule has 0 aromatic carbocycles. The number of aliphatic hydroxyl groups is 1. The van der Waals surface area contributed by atoms with E-state index in [0.29, 0.717) is 18.5 Å². The quantitative estimate of drug-likeness (QED) is 0.707. The molecule has 1 unspecified atom stereocenters. The van der Waals surface area contributed by atoms with Crippen LogP contribution in [0.2, 0.25) is 0 Å². The SMILES string of the molecule is CCCNCc1nnc(N2CCCC2CO)o1. The molecule has 1 aromatic heterocycles. The van der Waals surface area contributed by atoms with Gasteiger partial charge in [-0.1, -0.05) is 12.0 Å². The van der Waals surface area contributed by atoms with E-state index < -0.39 is 0 Å². The van der Waals surface area contributed by atoms with E-state index in [1.807, 2.05) is 4.90 Å². The number of hydrogen-bond donors (Lipinski definition) is 2. The van der Waals surface area contributed by atoms with Crippen molar-refractivity contribution in [1.82, 2.24) is 15.5 Å². The Hall–Kier alpha value is -1.14. The first-order valence-electron chi connectivity index (χ1n) is 6.25. The summed E-state index contributed by atoms with van der Waals surface area (Å²) in [6.07, 6.45) is 3.14. The summed E-state index contributed by atoms with van der Waals surface area (Å²) in [5.74, 6) is 0.608. The first-order chi connectivity index (χ1) is 8.35. The molecule has 1 saturated heterocycles. The van der Waals surface area contributed by atoms with Gasteiger partial charge in [-0.3, -0.25) is 0 Å². The van der Waals surface area contributed by atoms with Crippen LogP contribution in [0, 0.1) is 0 Å². The molecule has 1 aliphatic rings. The molecule has 6 nitrogen and oxygen atoms in total. The maximum atomic E-state index is 9.23. The number of nitrogens with zero attached hydrogens (tertiary/aromatic N) is 3. The van der Waals surface area contributed by atoms with Gasteiger partial charge in [0.2, 0.25) is 5.89 Å². The van der Waals surface area contributed by atoms with Crippen LogP contribution in [0.1, 0.15) is 32.1 Å². The smallest absolute Gasteiger partial charge is 0.318 e. The lowest BCUT2D eigenvalue weighted by Crippen LogP contribution is -2.32. The fourth-order valence-electron chi connectivity index (χ4n) is 2.08. The summed E-state index contributed by atoms with van der Waals surface area (Å²) in [5, 5.41) is 20.5. The van der Waals surface area contributed by atoms with Crippen LogP contribution in [-0.2, 0) is 6.54 Å². The number of nitrogens with one attached hydrogen (secondary N) is 1. The average molecular weight is 240 g/mol. The van der Waals surface area contributed by atoms with Gasteiger partial charge in [-0.05, 0) is 25.8 Å². The second-order valence-electron chi connectivity index (χ2n) is 4.33. The van der Waals surface area contributed by atoms with E-state index in [9.17, 15) is 5.11 Å². The van der Waals surface area contributed by atoms with E-state index in [0.717, 1.165) is 32.4 Å². The first kappa shape index (κ1) is 12.3. The summed E-state index contributed by atoms with van der Waals surface area (Å²) in [6.45, 7) is 4.70. The standard InChI is InChI=1S/C11H20N4O2/c1-2-5-12-7-10-13-14-11(17-10)15-6-3-4-9(15)8-16/h9,12,16H,2-8H2,1H3. The second-order valence-corrected chi connectivity index (χ2v) is 4.33. The molecule has 1 aliphatic heterocycles. The largest absolute Gasteiger partial charge is 0.407 e. The molecule has 0 spiro atoms. The second kappa shape index (κ2) is 5.97. The van der Waals surface area contributed by atoms with Crippen molar-refractivity contribution in [2.75, 3.05) is 24.6 Å². The molecule has 0 aliphatic carbocycles. The Morgan fingerprint density at radius 2 is 2.41 bits per heavy atom. The highest BCUT2D eigenvalue weighted by Gasteiger charge is 2.27. The molecule has 0 saturated carbocycles. The van der Waals surface area contributed by atoms with Crippen LogP contribution in [0.25, 0.3) is 0 Å². The summed E-state index contributed by atoms with van der Waals surface area (Å²) in [6, 6.07) is 0.668. The Bertz CT molecular complexity index is 342. The summed E-state index contributed by atoms with van der Waals surface area (Å²) in [7, 11) is 0. The van der Waals surface area contributed by atoms with Gasteiger partial charge in [-0.15, -0.1) is 5.10 Å². The Labute approximate surface area is 101 Å². The molecule has 2 heterocycles. The molecule has 17 heavy (non-hydrogen) atoms. The van der Waals surface area contributed by atoms with E-state index in [1.54, 1.807) is 0 Å². The molecule has 1 aromatic rings. The van der Waals surface area contributed by atoms with Crippen molar-refractivity contribution in [2.24, 2.45) is 0 Å². The lowest BCUT2D eigenvalue weighted by Gasteiger charge is -2.19. The maximum Gasteiger partial charge on any atom is 0.318 e. The van der Waals surface area contributed by atoms with Gasteiger partial charge in [-0.2, -0.15) is 0 Å². The first-order valence-corrected chi connectivity index (χ1v) is 6.25. The minimum absolute atomic E-state index is 0.131. The fourth-order valence-corrected chi connectivity index (χ4v) is 2.08.